The number of thiazole rings is 1. The largest absolute Gasteiger partial charge is 0.369 e. The number of carbonyl (C=O) groups excluding carboxylic acids is 3. The van der Waals surface area contributed by atoms with Gasteiger partial charge in [0.2, 0.25) is 17.0 Å². The minimum Gasteiger partial charge on any atom is -0.369 e. The van der Waals surface area contributed by atoms with Crippen molar-refractivity contribution >= 4 is 50.4 Å². The second kappa shape index (κ2) is 6.86. The van der Waals surface area contributed by atoms with Crippen LogP contribution in [0, 0.1) is 0 Å². The van der Waals surface area contributed by atoms with Gasteiger partial charge in [0.1, 0.15) is 6.04 Å². The van der Waals surface area contributed by atoms with E-state index < -0.39 is 23.8 Å². The first-order valence-corrected chi connectivity index (χ1v) is 9.25. The van der Waals surface area contributed by atoms with Crippen LogP contribution in [0.4, 0.5) is 5.13 Å². The van der Waals surface area contributed by atoms with Crippen LogP contribution in [0.3, 0.4) is 0 Å². The lowest BCUT2D eigenvalue weighted by Gasteiger charge is -2.21. The van der Waals surface area contributed by atoms with E-state index in [0.717, 1.165) is 15.1 Å². The molecule has 2 aromatic carbocycles. The lowest BCUT2D eigenvalue weighted by atomic mass is 10.1. The van der Waals surface area contributed by atoms with Crippen molar-refractivity contribution < 1.29 is 14.4 Å². The fraction of sp³-hybridized carbons (Fsp3) is 0.105. The van der Waals surface area contributed by atoms with Gasteiger partial charge in [0.05, 0.1) is 21.3 Å². The van der Waals surface area contributed by atoms with Gasteiger partial charge in [0.25, 0.3) is 11.8 Å². The Kier molecular flexibility index (Phi) is 4.36. The minimum atomic E-state index is -1.04. The van der Waals surface area contributed by atoms with E-state index in [9.17, 15) is 14.4 Å². The van der Waals surface area contributed by atoms with Gasteiger partial charge in [-0.05, 0) is 31.2 Å². The summed E-state index contributed by atoms with van der Waals surface area (Å²) in [7, 11) is 0. The third kappa shape index (κ3) is 3.01. The number of carbonyl (C=O) groups is 3. The average Bonchev–Trinajstić information content (AvgIpc) is 3.19. The number of aromatic nitrogens is 1. The summed E-state index contributed by atoms with van der Waals surface area (Å²) >= 11 is 1.33. The molecule has 3 amide bonds. The molecule has 140 valence electrons. The predicted molar refractivity (Wildman–Crippen MR) is 105 cm³/mol. The fourth-order valence-corrected chi connectivity index (χ4v) is 3.80. The molecular formula is C19H15N5O3S. The number of aliphatic imine (C=N–C) groups is 1. The Morgan fingerprint density at radius 3 is 2.36 bits per heavy atom. The first-order chi connectivity index (χ1) is 13.5. The summed E-state index contributed by atoms with van der Waals surface area (Å²) in [5, 5.41) is 2.82. The summed E-state index contributed by atoms with van der Waals surface area (Å²) in [6, 6.07) is 12.9. The number of rotatable bonds is 3. The number of guanidine groups is 1. The topological polar surface area (TPSA) is 118 Å². The van der Waals surface area contributed by atoms with Gasteiger partial charge in [-0.3, -0.25) is 24.6 Å². The van der Waals surface area contributed by atoms with E-state index in [1.165, 1.54) is 18.3 Å². The normalized spacial score (nSPS) is 15.0. The van der Waals surface area contributed by atoms with Crippen molar-refractivity contribution in [1.82, 2.24) is 15.2 Å². The smallest absolute Gasteiger partial charge is 0.262 e. The van der Waals surface area contributed by atoms with Crippen LogP contribution < -0.4 is 11.1 Å². The van der Waals surface area contributed by atoms with Crippen molar-refractivity contribution in [2.45, 2.75) is 13.0 Å². The Balaban J connectivity index is 1.50. The molecule has 0 spiro atoms. The molecule has 1 atom stereocenters. The number of nitrogens with one attached hydrogen (secondary N) is 1. The van der Waals surface area contributed by atoms with E-state index in [1.807, 2.05) is 24.3 Å². The molecule has 0 saturated heterocycles. The molecule has 1 aromatic heterocycles. The van der Waals surface area contributed by atoms with Gasteiger partial charge in [0, 0.05) is 0 Å². The number of hydrogen-bond donors (Lipinski definition) is 2. The number of imide groups is 1. The maximum atomic E-state index is 12.5. The van der Waals surface area contributed by atoms with Crippen LogP contribution in [0.25, 0.3) is 10.2 Å². The number of nitrogens with two attached hydrogens (primary N) is 1. The predicted octanol–water partition coefficient (Wildman–Crippen LogP) is 2.04. The van der Waals surface area contributed by atoms with E-state index in [2.05, 4.69) is 15.3 Å². The molecule has 8 nitrogen and oxygen atoms in total. The summed E-state index contributed by atoms with van der Waals surface area (Å²) in [6.45, 7) is 1.46. The summed E-state index contributed by atoms with van der Waals surface area (Å²) in [5.41, 5.74) is 7.16. The number of amides is 3. The Hall–Kier alpha value is -3.59. The van der Waals surface area contributed by atoms with Crippen LogP contribution in [0.1, 0.15) is 27.6 Å². The van der Waals surface area contributed by atoms with Crippen LogP contribution in [0.5, 0.6) is 0 Å². The highest BCUT2D eigenvalue weighted by atomic mass is 32.1. The highest BCUT2D eigenvalue weighted by Gasteiger charge is 2.40. The number of fused-ring (bicyclic) bond motifs is 2. The zero-order valence-electron chi connectivity index (χ0n) is 14.7. The molecule has 0 bridgehead atoms. The Morgan fingerprint density at radius 1 is 1.11 bits per heavy atom. The third-order valence-electron chi connectivity index (χ3n) is 4.34. The van der Waals surface area contributed by atoms with Crippen LogP contribution in [0.2, 0.25) is 0 Å². The van der Waals surface area contributed by atoms with Crippen molar-refractivity contribution in [3.8, 4) is 0 Å². The number of hydrogen-bond acceptors (Lipinski definition) is 6. The van der Waals surface area contributed by atoms with Crippen molar-refractivity contribution in [3.63, 3.8) is 0 Å². The molecule has 3 N–H and O–H groups in total. The average molecular weight is 393 g/mol. The van der Waals surface area contributed by atoms with E-state index in [1.54, 1.807) is 24.3 Å². The van der Waals surface area contributed by atoms with Crippen molar-refractivity contribution in [2.75, 3.05) is 0 Å². The molecule has 1 aliphatic heterocycles. The molecule has 4 rings (SSSR count). The Morgan fingerprint density at radius 2 is 1.71 bits per heavy atom. The molecule has 0 radical (unpaired) electrons. The van der Waals surface area contributed by atoms with Crippen LogP contribution in [0.15, 0.2) is 53.5 Å². The number of para-hydroxylation sites is 1. The van der Waals surface area contributed by atoms with Gasteiger partial charge in [-0.15, -0.1) is 0 Å². The fourth-order valence-electron chi connectivity index (χ4n) is 2.95. The Bertz CT molecular complexity index is 1090. The highest BCUT2D eigenvalue weighted by Crippen LogP contribution is 2.27. The molecule has 2 heterocycles. The molecule has 0 saturated carbocycles. The zero-order chi connectivity index (χ0) is 19.8. The molecule has 0 aliphatic carbocycles. The van der Waals surface area contributed by atoms with Crippen molar-refractivity contribution in [1.29, 1.82) is 0 Å². The molecule has 3 aromatic rings. The Labute approximate surface area is 163 Å². The number of nitrogens with zero attached hydrogens (tertiary/aromatic N) is 3. The third-order valence-corrected chi connectivity index (χ3v) is 5.27. The quantitative estimate of drug-likeness (QED) is 0.401. The standard InChI is InChI=1S/C19H15N5O3S/c1-10(24-16(26)11-6-2-3-7-12(11)17(24)27)15(25)22-18(20)23-19-21-13-8-4-5-9-14(13)28-19/h2-10H,1H3,(H3,20,21,22,23,25). The van der Waals surface area contributed by atoms with Gasteiger partial charge < -0.3 is 5.73 Å². The lowest BCUT2D eigenvalue weighted by Crippen LogP contribution is -2.50. The van der Waals surface area contributed by atoms with Gasteiger partial charge >= 0.3 is 0 Å². The minimum absolute atomic E-state index is 0.160. The van der Waals surface area contributed by atoms with E-state index >= 15 is 0 Å². The summed E-state index contributed by atoms with van der Waals surface area (Å²) < 4.78 is 0.944. The van der Waals surface area contributed by atoms with Gasteiger partial charge in [-0.1, -0.05) is 35.6 Å². The van der Waals surface area contributed by atoms with Crippen LogP contribution in [-0.4, -0.2) is 39.6 Å². The van der Waals surface area contributed by atoms with Crippen LogP contribution >= 0.6 is 11.3 Å². The first-order valence-electron chi connectivity index (χ1n) is 8.43. The van der Waals surface area contributed by atoms with Crippen molar-refractivity contribution in [3.05, 3.63) is 59.7 Å². The van der Waals surface area contributed by atoms with Gasteiger partial charge in [-0.2, -0.15) is 4.99 Å². The monoisotopic (exact) mass is 393 g/mol. The first kappa shape index (κ1) is 17.8. The van der Waals surface area contributed by atoms with E-state index in [0.29, 0.717) is 5.13 Å². The maximum absolute atomic E-state index is 12.5. The second-order valence-electron chi connectivity index (χ2n) is 6.15. The van der Waals surface area contributed by atoms with E-state index in [4.69, 9.17) is 5.73 Å². The summed E-state index contributed by atoms with van der Waals surface area (Å²) in [6.07, 6.45) is 0. The SMILES string of the molecule is CC(C(=O)NC(N)=Nc1nc2ccccc2s1)N1C(=O)c2ccccc2C1=O. The van der Waals surface area contributed by atoms with Crippen molar-refractivity contribution in [2.24, 2.45) is 10.7 Å². The zero-order valence-corrected chi connectivity index (χ0v) is 15.6. The highest BCUT2D eigenvalue weighted by molar-refractivity contribution is 7.22. The summed E-state index contributed by atoms with van der Waals surface area (Å²) in [5.74, 6) is -1.79. The molecule has 28 heavy (non-hydrogen) atoms. The molecular weight excluding hydrogens is 378 g/mol. The van der Waals surface area contributed by atoms with Crippen LogP contribution in [-0.2, 0) is 4.79 Å². The molecule has 1 aliphatic rings. The van der Waals surface area contributed by atoms with Gasteiger partial charge in [-0.25, -0.2) is 4.98 Å². The lowest BCUT2D eigenvalue weighted by molar-refractivity contribution is -0.123. The maximum Gasteiger partial charge on any atom is 0.262 e. The second-order valence-corrected chi connectivity index (χ2v) is 7.16. The van der Waals surface area contributed by atoms with Gasteiger partial charge in [0.15, 0.2) is 0 Å². The number of benzene rings is 2. The van der Waals surface area contributed by atoms with E-state index in [-0.39, 0.29) is 17.1 Å². The molecule has 0 fully saturated rings. The summed E-state index contributed by atoms with van der Waals surface area (Å²) in [4.78, 5) is 46.8. The molecule has 1 unspecified atom stereocenters. The molecule has 9 heteroatoms.